The van der Waals surface area contributed by atoms with E-state index in [0.717, 1.165) is 0 Å². The molecule has 0 amide bonds. The van der Waals surface area contributed by atoms with Crippen molar-refractivity contribution in [1.29, 1.82) is 0 Å². The van der Waals surface area contributed by atoms with Gasteiger partial charge in [0.25, 0.3) is 0 Å². The topological polar surface area (TPSA) is 90.2 Å². The van der Waals surface area contributed by atoms with E-state index in [1.165, 1.54) is 36.4 Å². The summed E-state index contributed by atoms with van der Waals surface area (Å²) in [7, 11) is 0. The van der Waals surface area contributed by atoms with Crippen LogP contribution >= 0.6 is 0 Å². The van der Waals surface area contributed by atoms with Crippen LogP contribution in [0, 0.1) is 0 Å². The maximum Gasteiger partial charge on any atom is 0.119 e. The standard InChI is InChI=1S/C14H14O5/c15-11-1-9(2-12(16)5-11)7-19-8-10-3-13(17)6-14(18)4-10/h1-6,15-18H,7-8H2. The molecule has 2 aromatic rings. The van der Waals surface area contributed by atoms with Crippen molar-refractivity contribution < 1.29 is 25.2 Å². The fraction of sp³-hybridized carbons (Fsp3) is 0.143. The van der Waals surface area contributed by atoms with E-state index < -0.39 is 0 Å². The molecule has 0 heterocycles. The highest BCUT2D eigenvalue weighted by Crippen LogP contribution is 2.23. The van der Waals surface area contributed by atoms with Crippen molar-refractivity contribution in [3.05, 3.63) is 47.5 Å². The number of phenols is 4. The molecule has 0 saturated carbocycles. The third-order valence-corrected chi connectivity index (χ3v) is 2.46. The first kappa shape index (κ1) is 13.0. The van der Waals surface area contributed by atoms with Crippen LogP contribution in [0.5, 0.6) is 23.0 Å². The molecule has 4 N–H and O–H groups in total. The Balaban J connectivity index is 1.96. The number of rotatable bonds is 4. The van der Waals surface area contributed by atoms with E-state index in [1.54, 1.807) is 0 Å². The van der Waals surface area contributed by atoms with Crippen molar-refractivity contribution in [2.45, 2.75) is 13.2 Å². The number of hydrogen-bond donors (Lipinski definition) is 4. The molecule has 0 radical (unpaired) electrons. The molecule has 0 unspecified atom stereocenters. The van der Waals surface area contributed by atoms with Crippen LogP contribution in [0.25, 0.3) is 0 Å². The number of phenolic OH excluding ortho intramolecular Hbond substituents is 4. The van der Waals surface area contributed by atoms with Gasteiger partial charge < -0.3 is 25.2 Å². The Hall–Kier alpha value is -2.40. The molecule has 0 atom stereocenters. The molecular formula is C14H14O5. The lowest BCUT2D eigenvalue weighted by molar-refractivity contribution is 0.106. The van der Waals surface area contributed by atoms with Gasteiger partial charge in [-0.05, 0) is 35.4 Å². The molecule has 0 aliphatic carbocycles. The first-order chi connectivity index (χ1) is 9.02. The van der Waals surface area contributed by atoms with E-state index in [1.807, 2.05) is 0 Å². The SMILES string of the molecule is Oc1cc(O)cc(COCc2cc(O)cc(O)c2)c1. The van der Waals surface area contributed by atoms with Crippen LogP contribution in [-0.2, 0) is 18.0 Å². The minimum absolute atomic E-state index is 0.0337. The first-order valence-corrected chi connectivity index (χ1v) is 5.64. The van der Waals surface area contributed by atoms with E-state index in [-0.39, 0.29) is 36.2 Å². The third kappa shape index (κ3) is 3.79. The summed E-state index contributed by atoms with van der Waals surface area (Å²) in [6.45, 7) is 0.386. The fourth-order valence-corrected chi connectivity index (χ4v) is 1.77. The summed E-state index contributed by atoms with van der Waals surface area (Å²) in [5, 5.41) is 37.2. The van der Waals surface area contributed by atoms with Gasteiger partial charge in [-0.3, -0.25) is 0 Å². The van der Waals surface area contributed by atoms with Crippen LogP contribution in [0.3, 0.4) is 0 Å². The van der Waals surface area contributed by atoms with Crippen molar-refractivity contribution in [2.75, 3.05) is 0 Å². The monoisotopic (exact) mass is 262 g/mol. The smallest absolute Gasteiger partial charge is 0.119 e. The van der Waals surface area contributed by atoms with E-state index in [2.05, 4.69) is 0 Å². The molecule has 0 aliphatic rings. The summed E-state index contributed by atoms with van der Waals surface area (Å²) < 4.78 is 5.38. The number of ether oxygens (including phenoxy) is 1. The molecule has 5 nitrogen and oxygen atoms in total. The fourth-order valence-electron chi connectivity index (χ4n) is 1.77. The largest absolute Gasteiger partial charge is 0.508 e. The van der Waals surface area contributed by atoms with Gasteiger partial charge in [0.2, 0.25) is 0 Å². The van der Waals surface area contributed by atoms with Gasteiger partial charge in [0.15, 0.2) is 0 Å². The maximum atomic E-state index is 9.30. The summed E-state index contributed by atoms with van der Waals surface area (Å²) in [4.78, 5) is 0. The Kier molecular flexibility index (Phi) is 3.77. The second-order valence-corrected chi connectivity index (χ2v) is 4.21. The van der Waals surface area contributed by atoms with E-state index >= 15 is 0 Å². The Morgan fingerprint density at radius 1 is 0.579 bits per heavy atom. The van der Waals surface area contributed by atoms with Crippen molar-refractivity contribution in [1.82, 2.24) is 0 Å². The van der Waals surface area contributed by atoms with Gasteiger partial charge in [0.1, 0.15) is 23.0 Å². The second kappa shape index (κ2) is 5.49. The predicted octanol–water partition coefficient (Wildman–Crippen LogP) is 2.23. The number of benzene rings is 2. The molecule has 0 aromatic heterocycles. The zero-order valence-electron chi connectivity index (χ0n) is 10.1. The van der Waals surface area contributed by atoms with Crippen molar-refractivity contribution in [2.24, 2.45) is 0 Å². The predicted molar refractivity (Wildman–Crippen MR) is 68.0 cm³/mol. The zero-order chi connectivity index (χ0) is 13.8. The molecule has 0 fully saturated rings. The average Bonchev–Trinajstić information content (AvgIpc) is 2.26. The number of hydrogen-bond acceptors (Lipinski definition) is 5. The van der Waals surface area contributed by atoms with Gasteiger partial charge in [-0.1, -0.05) is 0 Å². The van der Waals surface area contributed by atoms with Gasteiger partial charge in [0, 0.05) is 12.1 Å². The zero-order valence-corrected chi connectivity index (χ0v) is 10.1. The Bertz CT molecular complexity index is 488. The summed E-state index contributed by atoms with van der Waals surface area (Å²) in [6.07, 6.45) is 0. The lowest BCUT2D eigenvalue weighted by Crippen LogP contribution is -1.94. The Labute approximate surface area is 110 Å². The quantitative estimate of drug-likeness (QED) is 0.678. The highest BCUT2D eigenvalue weighted by molar-refractivity contribution is 5.37. The highest BCUT2D eigenvalue weighted by Gasteiger charge is 2.02. The summed E-state index contributed by atoms with van der Waals surface area (Å²) in [5.41, 5.74) is 1.25. The molecule has 0 spiro atoms. The molecular weight excluding hydrogens is 248 g/mol. The van der Waals surface area contributed by atoms with Crippen LogP contribution in [0.2, 0.25) is 0 Å². The minimum Gasteiger partial charge on any atom is -0.508 e. The van der Waals surface area contributed by atoms with E-state index in [0.29, 0.717) is 11.1 Å². The molecule has 2 aromatic carbocycles. The first-order valence-electron chi connectivity index (χ1n) is 5.64. The van der Waals surface area contributed by atoms with E-state index in [4.69, 9.17) is 4.74 Å². The van der Waals surface area contributed by atoms with Crippen molar-refractivity contribution in [3.8, 4) is 23.0 Å². The van der Waals surface area contributed by atoms with Crippen molar-refractivity contribution in [3.63, 3.8) is 0 Å². The van der Waals surface area contributed by atoms with Crippen LogP contribution < -0.4 is 0 Å². The van der Waals surface area contributed by atoms with Crippen LogP contribution in [-0.4, -0.2) is 20.4 Å². The Morgan fingerprint density at radius 2 is 0.895 bits per heavy atom. The average molecular weight is 262 g/mol. The summed E-state index contributed by atoms with van der Waals surface area (Å²) >= 11 is 0. The molecule has 2 rings (SSSR count). The molecule has 100 valence electrons. The van der Waals surface area contributed by atoms with Gasteiger partial charge >= 0.3 is 0 Å². The van der Waals surface area contributed by atoms with Crippen LogP contribution in [0.1, 0.15) is 11.1 Å². The molecule has 0 aliphatic heterocycles. The number of aromatic hydroxyl groups is 4. The van der Waals surface area contributed by atoms with Gasteiger partial charge in [0.05, 0.1) is 13.2 Å². The van der Waals surface area contributed by atoms with Gasteiger partial charge in [-0.2, -0.15) is 0 Å². The lowest BCUT2D eigenvalue weighted by Gasteiger charge is -2.07. The van der Waals surface area contributed by atoms with Crippen LogP contribution in [0.15, 0.2) is 36.4 Å². The molecule has 0 bridgehead atoms. The molecule has 5 heteroatoms. The molecule has 0 saturated heterocycles. The minimum atomic E-state index is -0.0337. The summed E-state index contributed by atoms with van der Waals surface area (Å²) in [6, 6.07) is 8.41. The highest BCUT2D eigenvalue weighted by atomic mass is 16.5. The van der Waals surface area contributed by atoms with Crippen molar-refractivity contribution >= 4 is 0 Å². The van der Waals surface area contributed by atoms with Crippen LogP contribution in [0.4, 0.5) is 0 Å². The second-order valence-electron chi connectivity index (χ2n) is 4.21. The maximum absolute atomic E-state index is 9.30. The van der Waals surface area contributed by atoms with Gasteiger partial charge in [-0.25, -0.2) is 0 Å². The molecule has 19 heavy (non-hydrogen) atoms. The lowest BCUT2D eigenvalue weighted by atomic mass is 10.2. The Morgan fingerprint density at radius 3 is 1.21 bits per heavy atom. The summed E-state index contributed by atoms with van der Waals surface area (Å²) in [5.74, 6) is -0.135. The normalized spacial score (nSPS) is 10.5. The third-order valence-electron chi connectivity index (χ3n) is 2.46. The van der Waals surface area contributed by atoms with Gasteiger partial charge in [-0.15, -0.1) is 0 Å². The van der Waals surface area contributed by atoms with E-state index in [9.17, 15) is 20.4 Å².